The summed E-state index contributed by atoms with van der Waals surface area (Å²) in [7, 11) is 2.16. The molecule has 0 saturated heterocycles. The number of Topliss-reactive ketones (excluding diaryl/α,β-unsaturated/α-hetero) is 1. The third-order valence-electron chi connectivity index (χ3n) is 5.46. The summed E-state index contributed by atoms with van der Waals surface area (Å²) >= 11 is 0. The number of carbonyl (C=O) groups is 1. The first-order chi connectivity index (χ1) is 12.1. The Morgan fingerprint density at radius 1 is 1.04 bits per heavy atom. The molecule has 1 saturated carbocycles. The second-order valence-electron chi connectivity index (χ2n) is 6.89. The Morgan fingerprint density at radius 3 is 2.44 bits per heavy atom. The van der Waals surface area contributed by atoms with Gasteiger partial charge in [0.15, 0.2) is 0 Å². The summed E-state index contributed by atoms with van der Waals surface area (Å²) in [5, 5.41) is 0. The monoisotopic (exact) mass is 337 g/mol. The van der Waals surface area contributed by atoms with Crippen LogP contribution in [0.1, 0.15) is 43.7 Å². The lowest BCUT2D eigenvalue weighted by molar-refractivity contribution is -0.123. The summed E-state index contributed by atoms with van der Waals surface area (Å²) in [4.78, 5) is 14.2. The van der Waals surface area contributed by atoms with Gasteiger partial charge in [-0.25, -0.2) is 0 Å². The zero-order valence-electron chi connectivity index (χ0n) is 15.2. The number of benzene rings is 2. The maximum absolute atomic E-state index is 11.8. The zero-order chi connectivity index (χ0) is 17.7. The lowest BCUT2D eigenvalue weighted by Gasteiger charge is -2.44. The largest absolute Gasteiger partial charge is 0.489 e. The Hall–Kier alpha value is -2.13. The summed E-state index contributed by atoms with van der Waals surface area (Å²) in [5.74, 6) is 1.28. The van der Waals surface area contributed by atoms with E-state index >= 15 is 0 Å². The molecule has 0 aromatic heterocycles. The molecule has 1 aliphatic carbocycles. The van der Waals surface area contributed by atoms with Crippen molar-refractivity contribution in [2.75, 3.05) is 13.6 Å². The van der Waals surface area contributed by atoms with Gasteiger partial charge < -0.3 is 4.74 Å². The van der Waals surface area contributed by atoms with Crippen molar-refractivity contribution in [1.82, 2.24) is 4.90 Å². The van der Waals surface area contributed by atoms with Crippen LogP contribution in [-0.2, 0) is 16.9 Å². The molecule has 25 heavy (non-hydrogen) atoms. The molecule has 1 aliphatic rings. The fourth-order valence-electron chi connectivity index (χ4n) is 3.75. The predicted molar refractivity (Wildman–Crippen MR) is 101 cm³/mol. The molecule has 2 aromatic rings. The predicted octanol–water partition coefficient (Wildman–Crippen LogP) is 4.56. The minimum Gasteiger partial charge on any atom is -0.489 e. The van der Waals surface area contributed by atoms with Crippen LogP contribution in [0.3, 0.4) is 0 Å². The molecule has 0 atom stereocenters. The first-order valence-corrected chi connectivity index (χ1v) is 9.14. The molecule has 0 N–H and O–H groups in total. The van der Waals surface area contributed by atoms with E-state index in [1.165, 1.54) is 5.56 Å². The molecule has 2 aromatic carbocycles. The van der Waals surface area contributed by atoms with E-state index in [9.17, 15) is 4.79 Å². The SMILES string of the molecule is CCN(C)C1(c2cccc(OCc3ccccc3)c2)CCC(=O)CC1. The van der Waals surface area contributed by atoms with Crippen molar-refractivity contribution in [2.45, 2.75) is 44.8 Å². The fourth-order valence-corrected chi connectivity index (χ4v) is 3.75. The van der Waals surface area contributed by atoms with Gasteiger partial charge in [-0.2, -0.15) is 0 Å². The summed E-state index contributed by atoms with van der Waals surface area (Å²) in [6, 6.07) is 18.6. The topological polar surface area (TPSA) is 29.5 Å². The summed E-state index contributed by atoms with van der Waals surface area (Å²) in [6.07, 6.45) is 3.11. The van der Waals surface area contributed by atoms with Crippen molar-refractivity contribution in [1.29, 1.82) is 0 Å². The molecular formula is C22H27NO2. The Balaban J connectivity index is 1.81. The van der Waals surface area contributed by atoms with Gasteiger partial charge in [0.2, 0.25) is 0 Å². The molecule has 0 unspecified atom stereocenters. The number of rotatable bonds is 6. The highest BCUT2D eigenvalue weighted by Gasteiger charge is 2.39. The van der Waals surface area contributed by atoms with Gasteiger partial charge in [-0.05, 0) is 49.7 Å². The van der Waals surface area contributed by atoms with Gasteiger partial charge in [0, 0.05) is 18.4 Å². The van der Waals surface area contributed by atoms with Crippen molar-refractivity contribution in [2.24, 2.45) is 0 Å². The minimum absolute atomic E-state index is 0.0607. The standard InChI is InChI=1S/C22H27NO2/c1-3-23(2)22(14-12-20(24)13-15-22)19-10-7-11-21(16-19)25-17-18-8-5-4-6-9-18/h4-11,16H,3,12-15,17H2,1-2H3. The molecule has 132 valence electrons. The number of ketones is 1. The zero-order valence-corrected chi connectivity index (χ0v) is 15.2. The van der Waals surface area contributed by atoms with E-state index in [1.807, 2.05) is 24.3 Å². The number of carbonyl (C=O) groups excluding carboxylic acids is 1. The first-order valence-electron chi connectivity index (χ1n) is 9.14. The molecule has 0 aliphatic heterocycles. The molecule has 0 spiro atoms. The van der Waals surface area contributed by atoms with Gasteiger partial charge in [-0.3, -0.25) is 9.69 Å². The number of nitrogens with zero attached hydrogens (tertiary/aromatic N) is 1. The van der Waals surface area contributed by atoms with E-state index in [4.69, 9.17) is 4.74 Å². The molecule has 0 bridgehead atoms. The summed E-state index contributed by atoms with van der Waals surface area (Å²) < 4.78 is 6.02. The Kier molecular flexibility index (Phi) is 5.54. The molecule has 0 amide bonds. The van der Waals surface area contributed by atoms with Gasteiger partial charge in [-0.15, -0.1) is 0 Å². The lowest BCUT2D eigenvalue weighted by Crippen LogP contribution is -2.46. The smallest absolute Gasteiger partial charge is 0.133 e. The van der Waals surface area contributed by atoms with E-state index in [-0.39, 0.29) is 5.54 Å². The number of hydrogen-bond acceptors (Lipinski definition) is 3. The second-order valence-corrected chi connectivity index (χ2v) is 6.89. The van der Waals surface area contributed by atoms with Gasteiger partial charge in [0.1, 0.15) is 18.1 Å². The highest BCUT2D eigenvalue weighted by Crippen LogP contribution is 2.41. The fraction of sp³-hybridized carbons (Fsp3) is 0.409. The normalized spacial score (nSPS) is 16.8. The molecular weight excluding hydrogens is 310 g/mol. The van der Waals surface area contributed by atoms with Crippen LogP contribution in [0.2, 0.25) is 0 Å². The molecule has 0 heterocycles. The first kappa shape index (κ1) is 17.7. The summed E-state index contributed by atoms with van der Waals surface area (Å²) in [6.45, 7) is 3.70. The van der Waals surface area contributed by atoms with Crippen LogP contribution in [0.5, 0.6) is 5.75 Å². The van der Waals surface area contributed by atoms with Gasteiger partial charge in [0.05, 0.1) is 0 Å². The van der Waals surface area contributed by atoms with Crippen LogP contribution in [0.15, 0.2) is 54.6 Å². The highest BCUT2D eigenvalue weighted by molar-refractivity contribution is 5.79. The maximum Gasteiger partial charge on any atom is 0.133 e. The van der Waals surface area contributed by atoms with Crippen molar-refractivity contribution in [3.8, 4) is 5.75 Å². The molecule has 1 fully saturated rings. The lowest BCUT2D eigenvalue weighted by atomic mass is 9.75. The van der Waals surface area contributed by atoms with Gasteiger partial charge in [0.25, 0.3) is 0 Å². The highest BCUT2D eigenvalue weighted by atomic mass is 16.5. The molecule has 3 heteroatoms. The number of ether oxygens (including phenoxy) is 1. The number of hydrogen-bond donors (Lipinski definition) is 0. The van der Waals surface area contributed by atoms with Crippen LogP contribution < -0.4 is 4.74 Å². The average Bonchev–Trinajstić information content (AvgIpc) is 2.67. The third kappa shape index (κ3) is 3.93. The van der Waals surface area contributed by atoms with Crippen molar-refractivity contribution >= 4 is 5.78 Å². The van der Waals surface area contributed by atoms with Crippen molar-refractivity contribution in [3.05, 3.63) is 65.7 Å². The average molecular weight is 337 g/mol. The third-order valence-corrected chi connectivity index (χ3v) is 5.46. The molecule has 3 rings (SSSR count). The van der Waals surface area contributed by atoms with E-state index < -0.39 is 0 Å². The Bertz CT molecular complexity index is 701. The van der Waals surface area contributed by atoms with Crippen LogP contribution >= 0.6 is 0 Å². The Labute approximate surface area is 150 Å². The van der Waals surface area contributed by atoms with E-state index in [2.05, 4.69) is 49.2 Å². The van der Waals surface area contributed by atoms with Crippen molar-refractivity contribution < 1.29 is 9.53 Å². The van der Waals surface area contributed by atoms with Gasteiger partial charge >= 0.3 is 0 Å². The van der Waals surface area contributed by atoms with Gasteiger partial charge in [-0.1, -0.05) is 49.4 Å². The van der Waals surface area contributed by atoms with E-state index in [0.29, 0.717) is 25.2 Å². The van der Waals surface area contributed by atoms with E-state index in [0.717, 1.165) is 30.7 Å². The maximum atomic E-state index is 11.8. The second kappa shape index (κ2) is 7.83. The Morgan fingerprint density at radius 2 is 1.76 bits per heavy atom. The van der Waals surface area contributed by atoms with Crippen LogP contribution in [-0.4, -0.2) is 24.3 Å². The van der Waals surface area contributed by atoms with Crippen molar-refractivity contribution in [3.63, 3.8) is 0 Å². The minimum atomic E-state index is -0.0607. The molecule has 3 nitrogen and oxygen atoms in total. The van der Waals surface area contributed by atoms with E-state index in [1.54, 1.807) is 0 Å². The van der Waals surface area contributed by atoms with Crippen LogP contribution in [0, 0.1) is 0 Å². The van der Waals surface area contributed by atoms with Crippen LogP contribution in [0.4, 0.5) is 0 Å². The van der Waals surface area contributed by atoms with Crippen LogP contribution in [0.25, 0.3) is 0 Å². The quantitative estimate of drug-likeness (QED) is 0.774. The summed E-state index contributed by atoms with van der Waals surface area (Å²) in [5.41, 5.74) is 2.36. The molecule has 0 radical (unpaired) electrons.